The molecule has 1 rings (SSSR count). The van der Waals surface area contributed by atoms with E-state index < -0.39 is 0 Å². The Morgan fingerprint density at radius 3 is 2.67 bits per heavy atom. The number of hydrogen-bond acceptors (Lipinski definition) is 2. The summed E-state index contributed by atoms with van der Waals surface area (Å²) in [5.41, 5.74) is 8.36. The van der Waals surface area contributed by atoms with Crippen LogP contribution in [0.2, 0.25) is 0 Å². The molecule has 1 aromatic rings. The Morgan fingerprint density at radius 2 is 2.07 bits per heavy atom. The summed E-state index contributed by atoms with van der Waals surface area (Å²) in [6.45, 7) is 7.39. The summed E-state index contributed by atoms with van der Waals surface area (Å²) in [6, 6.07) is 6.73. The molecule has 84 valence electrons. The van der Waals surface area contributed by atoms with Gasteiger partial charge in [0.15, 0.2) is 0 Å². The van der Waals surface area contributed by atoms with Gasteiger partial charge in [0.2, 0.25) is 0 Å². The Bertz CT molecular complexity index is 307. The van der Waals surface area contributed by atoms with E-state index in [2.05, 4.69) is 39.0 Å². The van der Waals surface area contributed by atoms with Crippen molar-refractivity contribution in [2.45, 2.75) is 43.8 Å². The van der Waals surface area contributed by atoms with Crippen LogP contribution in [-0.2, 0) is 6.42 Å². The molecule has 0 heterocycles. The quantitative estimate of drug-likeness (QED) is 0.774. The zero-order valence-electron chi connectivity index (χ0n) is 9.92. The van der Waals surface area contributed by atoms with Gasteiger partial charge in [-0.2, -0.15) is 0 Å². The number of nitrogens with two attached hydrogens (primary N) is 1. The Balaban J connectivity index is 2.82. The fourth-order valence-corrected chi connectivity index (χ4v) is 2.53. The molecule has 0 radical (unpaired) electrons. The SMILES string of the molecule is Cc1ccc(SC(C)C)c(CCCN)c1. The van der Waals surface area contributed by atoms with Crippen molar-refractivity contribution in [2.24, 2.45) is 5.73 Å². The second kappa shape index (κ2) is 6.19. The monoisotopic (exact) mass is 223 g/mol. The van der Waals surface area contributed by atoms with Crippen molar-refractivity contribution in [2.75, 3.05) is 6.54 Å². The van der Waals surface area contributed by atoms with Crippen molar-refractivity contribution in [1.82, 2.24) is 0 Å². The van der Waals surface area contributed by atoms with Crippen LogP contribution in [0, 0.1) is 6.92 Å². The van der Waals surface area contributed by atoms with Gasteiger partial charge in [-0.15, -0.1) is 11.8 Å². The van der Waals surface area contributed by atoms with Crippen molar-refractivity contribution in [3.8, 4) is 0 Å². The van der Waals surface area contributed by atoms with Gasteiger partial charge in [-0.1, -0.05) is 31.5 Å². The molecule has 0 aromatic heterocycles. The molecule has 0 aliphatic heterocycles. The van der Waals surface area contributed by atoms with Crippen LogP contribution in [0.4, 0.5) is 0 Å². The molecule has 1 aromatic carbocycles. The lowest BCUT2D eigenvalue weighted by Crippen LogP contribution is -2.02. The van der Waals surface area contributed by atoms with Gasteiger partial charge in [-0.25, -0.2) is 0 Å². The molecular weight excluding hydrogens is 202 g/mol. The third-order valence-electron chi connectivity index (χ3n) is 2.23. The van der Waals surface area contributed by atoms with Crippen LogP contribution in [-0.4, -0.2) is 11.8 Å². The molecule has 0 saturated carbocycles. The van der Waals surface area contributed by atoms with Crippen LogP contribution in [0.15, 0.2) is 23.1 Å². The van der Waals surface area contributed by atoms with Crippen LogP contribution in [0.25, 0.3) is 0 Å². The largest absolute Gasteiger partial charge is 0.330 e. The maximum absolute atomic E-state index is 5.56. The smallest absolute Gasteiger partial charge is 0.0107 e. The van der Waals surface area contributed by atoms with Gasteiger partial charge < -0.3 is 5.73 Å². The molecule has 0 amide bonds. The molecule has 1 nitrogen and oxygen atoms in total. The van der Waals surface area contributed by atoms with Gasteiger partial charge in [0, 0.05) is 10.1 Å². The summed E-state index contributed by atoms with van der Waals surface area (Å²) in [4.78, 5) is 1.42. The van der Waals surface area contributed by atoms with E-state index in [1.54, 1.807) is 0 Å². The zero-order valence-corrected chi connectivity index (χ0v) is 10.7. The van der Waals surface area contributed by atoms with Crippen molar-refractivity contribution >= 4 is 11.8 Å². The Hall–Kier alpha value is -0.470. The second-order valence-corrected chi connectivity index (χ2v) is 5.79. The first-order chi connectivity index (χ1) is 7.13. The highest BCUT2D eigenvalue weighted by molar-refractivity contribution is 8.00. The summed E-state index contributed by atoms with van der Waals surface area (Å²) in [5.74, 6) is 0. The van der Waals surface area contributed by atoms with Crippen molar-refractivity contribution < 1.29 is 0 Å². The molecule has 0 fully saturated rings. The predicted molar refractivity (Wildman–Crippen MR) is 69.5 cm³/mol. The summed E-state index contributed by atoms with van der Waals surface area (Å²) >= 11 is 1.94. The first-order valence-corrected chi connectivity index (χ1v) is 6.47. The Labute approximate surface area is 97.4 Å². The molecule has 15 heavy (non-hydrogen) atoms. The topological polar surface area (TPSA) is 26.0 Å². The van der Waals surface area contributed by atoms with Crippen LogP contribution in [0.1, 0.15) is 31.4 Å². The fourth-order valence-electron chi connectivity index (χ4n) is 1.57. The number of rotatable bonds is 5. The maximum atomic E-state index is 5.56. The Morgan fingerprint density at radius 1 is 1.33 bits per heavy atom. The van der Waals surface area contributed by atoms with Crippen LogP contribution < -0.4 is 5.73 Å². The minimum absolute atomic E-state index is 0.643. The average molecular weight is 223 g/mol. The first kappa shape index (κ1) is 12.6. The van der Waals surface area contributed by atoms with E-state index in [9.17, 15) is 0 Å². The zero-order chi connectivity index (χ0) is 11.3. The highest BCUT2D eigenvalue weighted by atomic mass is 32.2. The normalized spacial score (nSPS) is 11.0. The maximum Gasteiger partial charge on any atom is 0.0107 e. The molecule has 0 aliphatic carbocycles. The van der Waals surface area contributed by atoms with Crippen molar-refractivity contribution in [3.05, 3.63) is 29.3 Å². The lowest BCUT2D eigenvalue weighted by atomic mass is 10.1. The molecule has 0 bridgehead atoms. The van der Waals surface area contributed by atoms with E-state index in [1.807, 2.05) is 11.8 Å². The van der Waals surface area contributed by atoms with Gasteiger partial charge in [-0.05, 0) is 37.9 Å². The molecule has 2 heteroatoms. The Kier molecular flexibility index (Phi) is 5.20. The van der Waals surface area contributed by atoms with Gasteiger partial charge >= 0.3 is 0 Å². The lowest BCUT2D eigenvalue weighted by Gasteiger charge is -2.11. The molecule has 0 spiro atoms. The molecule has 0 atom stereocenters. The number of thioether (sulfide) groups is 1. The van der Waals surface area contributed by atoms with E-state index in [4.69, 9.17) is 5.73 Å². The first-order valence-electron chi connectivity index (χ1n) is 5.59. The third-order valence-corrected chi connectivity index (χ3v) is 3.35. The molecule has 0 unspecified atom stereocenters. The minimum atomic E-state index is 0.643. The summed E-state index contributed by atoms with van der Waals surface area (Å²) in [5, 5.41) is 0.643. The lowest BCUT2D eigenvalue weighted by molar-refractivity contribution is 0.819. The summed E-state index contributed by atoms with van der Waals surface area (Å²) < 4.78 is 0. The third kappa shape index (κ3) is 4.27. The van der Waals surface area contributed by atoms with Crippen LogP contribution in [0.5, 0.6) is 0 Å². The van der Waals surface area contributed by atoms with Crippen molar-refractivity contribution in [3.63, 3.8) is 0 Å². The van der Waals surface area contributed by atoms with E-state index in [-0.39, 0.29) is 0 Å². The van der Waals surface area contributed by atoms with E-state index in [1.165, 1.54) is 16.0 Å². The predicted octanol–water partition coefficient (Wildman–Crippen LogP) is 3.39. The van der Waals surface area contributed by atoms with E-state index in [0.29, 0.717) is 5.25 Å². The average Bonchev–Trinajstić information content (AvgIpc) is 2.18. The fraction of sp³-hybridized carbons (Fsp3) is 0.538. The van der Waals surface area contributed by atoms with E-state index >= 15 is 0 Å². The second-order valence-electron chi connectivity index (χ2n) is 4.17. The minimum Gasteiger partial charge on any atom is -0.330 e. The molecule has 0 saturated heterocycles. The van der Waals surface area contributed by atoms with Gasteiger partial charge in [0.05, 0.1) is 0 Å². The van der Waals surface area contributed by atoms with Crippen LogP contribution in [0.3, 0.4) is 0 Å². The van der Waals surface area contributed by atoms with Gasteiger partial charge in [0.1, 0.15) is 0 Å². The number of hydrogen-bond donors (Lipinski definition) is 1. The van der Waals surface area contributed by atoms with Crippen LogP contribution >= 0.6 is 11.8 Å². The standard InChI is InChI=1S/C13H21NS/c1-10(2)15-13-7-6-11(3)9-12(13)5-4-8-14/h6-7,9-10H,4-5,8,14H2,1-3H3. The summed E-state index contributed by atoms with van der Waals surface area (Å²) in [6.07, 6.45) is 2.18. The van der Waals surface area contributed by atoms with Gasteiger partial charge in [0.25, 0.3) is 0 Å². The number of aryl methyl sites for hydroxylation is 2. The number of benzene rings is 1. The summed E-state index contributed by atoms with van der Waals surface area (Å²) in [7, 11) is 0. The highest BCUT2D eigenvalue weighted by Gasteiger charge is 2.05. The van der Waals surface area contributed by atoms with Gasteiger partial charge in [-0.3, -0.25) is 0 Å². The molecule has 0 aliphatic rings. The van der Waals surface area contributed by atoms with E-state index in [0.717, 1.165) is 19.4 Å². The highest BCUT2D eigenvalue weighted by Crippen LogP contribution is 2.28. The molecular formula is C13H21NS. The molecule has 2 N–H and O–H groups in total. The van der Waals surface area contributed by atoms with Crippen molar-refractivity contribution in [1.29, 1.82) is 0 Å².